The maximum Gasteiger partial charge on any atom is 0.257 e. The molecule has 0 aliphatic carbocycles. The predicted octanol–water partition coefficient (Wildman–Crippen LogP) is 4.63. The first kappa shape index (κ1) is 16.4. The smallest absolute Gasteiger partial charge is 0.257 e. The van der Waals surface area contributed by atoms with E-state index >= 15 is 0 Å². The van der Waals surface area contributed by atoms with E-state index in [2.05, 4.69) is 28.1 Å². The molecule has 1 fully saturated rings. The molecule has 0 saturated carbocycles. The molecule has 4 rings (SSSR count). The van der Waals surface area contributed by atoms with Crippen LogP contribution in [0, 0.1) is 12.7 Å². The van der Waals surface area contributed by atoms with Gasteiger partial charge in [0.2, 0.25) is 5.89 Å². The third-order valence-corrected chi connectivity index (χ3v) is 5.53. The van der Waals surface area contributed by atoms with Crippen LogP contribution in [0.3, 0.4) is 0 Å². The summed E-state index contributed by atoms with van der Waals surface area (Å²) in [5.74, 6) is 1.38. The lowest BCUT2D eigenvalue weighted by atomic mass is 9.97. The summed E-state index contributed by atoms with van der Waals surface area (Å²) in [7, 11) is 0. The Morgan fingerprint density at radius 3 is 3.00 bits per heavy atom. The molecule has 0 unspecified atom stereocenters. The second kappa shape index (κ2) is 7.06. The van der Waals surface area contributed by atoms with Crippen LogP contribution >= 0.6 is 11.3 Å². The van der Waals surface area contributed by atoms with E-state index in [1.807, 2.05) is 12.1 Å². The van der Waals surface area contributed by atoms with E-state index in [-0.39, 0.29) is 11.7 Å². The highest BCUT2D eigenvalue weighted by Crippen LogP contribution is 2.31. The van der Waals surface area contributed by atoms with Crippen LogP contribution in [0.15, 0.2) is 40.8 Å². The third-order valence-electron chi connectivity index (χ3n) is 4.54. The summed E-state index contributed by atoms with van der Waals surface area (Å²) in [6, 6.07) is 10.9. The molecular formula is C19H20FN3OS. The van der Waals surface area contributed by atoms with E-state index in [1.165, 1.54) is 10.9 Å². The van der Waals surface area contributed by atoms with E-state index in [4.69, 9.17) is 4.42 Å². The van der Waals surface area contributed by atoms with Crippen molar-refractivity contribution in [3.63, 3.8) is 0 Å². The fourth-order valence-electron chi connectivity index (χ4n) is 3.34. The van der Waals surface area contributed by atoms with Gasteiger partial charge in [-0.3, -0.25) is 4.90 Å². The molecule has 2 aromatic heterocycles. The van der Waals surface area contributed by atoms with Crippen molar-refractivity contribution in [2.45, 2.75) is 32.2 Å². The number of rotatable bonds is 4. The van der Waals surface area contributed by atoms with Gasteiger partial charge in [0.1, 0.15) is 5.82 Å². The quantitative estimate of drug-likeness (QED) is 0.683. The fourth-order valence-corrected chi connectivity index (χ4v) is 4.13. The zero-order chi connectivity index (χ0) is 17.2. The van der Waals surface area contributed by atoms with Crippen molar-refractivity contribution in [2.24, 2.45) is 0 Å². The van der Waals surface area contributed by atoms with Gasteiger partial charge >= 0.3 is 0 Å². The van der Waals surface area contributed by atoms with Gasteiger partial charge in [0, 0.05) is 18.0 Å². The minimum atomic E-state index is -0.182. The molecular weight excluding hydrogens is 337 g/mol. The summed E-state index contributed by atoms with van der Waals surface area (Å²) in [6.45, 7) is 4.69. The number of hydrogen-bond donors (Lipinski definition) is 0. The van der Waals surface area contributed by atoms with E-state index in [0.717, 1.165) is 42.9 Å². The molecule has 6 heteroatoms. The van der Waals surface area contributed by atoms with Crippen LogP contribution in [-0.4, -0.2) is 28.2 Å². The largest absolute Gasteiger partial charge is 0.420 e. The number of likely N-dealkylation sites (tertiary alicyclic amines) is 1. The Morgan fingerprint density at radius 2 is 2.20 bits per heavy atom. The van der Waals surface area contributed by atoms with E-state index < -0.39 is 0 Å². The summed E-state index contributed by atoms with van der Waals surface area (Å²) in [6.07, 6.45) is 2.13. The highest BCUT2D eigenvalue weighted by molar-refractivity contribution is 7.15. The number of halogens is 1. The molecule has 130 valence electrons. The van der Waals surface area contributed by atoms with E-state index in [9.17, 15) is 4.39 Å². The van der Waals surface area contributed by atoms with Crippen LogP contribution in [0.5, 0.6) is 0 Å². The molecule has 1 aromatic carbocycles. The lowest BCUT2D eigenvalue weighted by Crippen LogP contribution is -2.34. The van der Waals surface area contributed by atoms with Gasteiger partial charge in [-0.25, -0.2) is 4.39 Å². The van der Waals surface area contributed by atoms with Crippen molar-refractivity contribution in [3.05, 3.63) is 58.5 Å². The van der Waals surface area contributed by atoms with Gasteiger partial charge in [0.15, 0.2) is 0 Å². The zero-order valence-electron chi connectivity index (χ0n) is 14.1. The first-order chi connectivity index (χ1) is 12.2. The second-order valence-electron chi connectivity index (χ2n) is 6.56. The standard InChI is InChI=1S/C19H20FN3OS/c1-13-7-8-17(25-13)19-22-21-18(24-19)15-5-3-9-23(12-15)11-14-4-2-6-16(20)10-14/h2,4,6-8,10,15H,3,5,9,11-12H2,1H3/t15-/m0/s1. The molecule has 1 aliphatic heterocycles. The minimum absolute atomic E-state index is 0.182. The fraction of sp³-hybridized carbons (Fsp3) is 0.368. The Morgan fingerprint density at radius 1 is 1.28 bits per heavy atom. The van der Waals surface area contributed by atoms with Gasteiger partial charge in [-0.15, -0.1) is 21.5 Å². The van der Waals surface area contributed by atoms with Crippen LogP contribution in [0.1, 0.15) is 35.1 Å². The van der Waals surface area contributed by atoms with Crippen molar-refractivity contribution in [3.8, 4) is 10.8 Å². The summed E-state index contributed by atoms with van der Waals surface area (Å²) < 4.78 is 19.3. The average Bonchev–Trinajstić information content (AvgIpc) is 3.24. The first-order valence-electron chi connectivity index (χ1n) is 8.54. The van der Waals surface area contributed by atoms with Crippen LogP contribution in [0.25, 0.3) is 10.8 Å². The number of nitrogens with zero attached hydrogens (tertiary/aromatic N) is 3. The summed E-state index contributed by atoms with van der Waals surface area (Å²) in [5, 5.41) is 8.51. The van der Waals surface area contributed by atoms with E-state index in [1.54, 1.807) is 23.5 Å². The molecule has 1 atom stereocenters. The maximum absolute atomic E-state index is 13.4. The number of piperidine rings is 1. The molecule has 0 spiro atoms. The molecule has 0 N–H and O–H groups in total. The second-order valence-corrected chi connectivity index (χ2v) is 7.85. The molecule has 0 radical (unpaired) electrons. The predicted molar refractivity (Wildman–Crippen MR) is 96.0 cm³/mol. The minimum Gasteiger partial charge on any atom is -0.420 e. The van der Waals surface area contributed by atoms with Gasteiger partial charge < -0.3 is 4.42 Å². The topological polar surface area (TPSA) is 42.2 Å². The molecule has 3 heterocycles. The van der Waals surface area contributed by atoms with Gasteiger partial charge in [0.05, 0.1) is 10.8 Å². The van der Waals surface area contributed by atoms with Crippen molar-refractivity contribution in [2.75, 3.05) is 13.1 Å². The van der Waals surface area contributed by atoms with Crippen molar-refractivity contribution in [1.82, 2.24) is 15.1 Å². The molecule has 1 aliphatic rings. The third kappa shape index (κ3) is 3.80. The zero-order valence-corrected chi connectivity index (χ0v) is 14.9. The number of aromatic nitrogens is 2. The number of benzene rings is 1. The van der Waals surface area contributed by atoms with Gasteiger partial charge in [0.25, 0.3) is 5.89 Å². The highest BCUT2D eigenvalue weighted by atomic mass is 32.1. The number of aryl methyl sites for hydroxylation is 1. The Balaban J connectivity index is 1.45. The van der Waals surface area contributed by atoms with Crippen molar-refractivity contribution < 1.29 is 8.81 Å². The summed E-state index contributed by atoms with van der Waals surface area (Å²) in [4.78, 5) is 4.58. The Kier molecular flexibility index (Phi) is 4.63. The SMILES string of the molecule is Cc1ccc(-c2nnc([C@H]3CCCN(Cc4cccc(F)c4)C3)o2)s1. The van der Waals surface area contributed by atoms with Crippen LogP contribution < -0.4 is 0 Å². The van der Waals surface area contributed by atoms with Crippen molar-refractivity contribution >= 4 is 11.3 Å². The molecule has 0 amide bonds. The Hall–Kier alpha value is -2.05. The normalized spacial score (nSPS) is 18.6. The lowest BCUT2D eigenvalue weighted by Gasteiger charge is -2.31. The number of hydrogen-bond acceptors (Lipinski definition) is 5. The van der Waals surface area contributed by atoms with Gasteiger partial charge in [-0.2, -0.15) is 0 Å². The average molecular weight is 357 g/mol. The summed E-state index contributed by atoms with van der Waals surface area (Å²) >= 11 is 1.66. The Bertz CT molecular complexity index is 860. The molecule has 4 nitrogen and oxygen atoms in total. The molecule has 25 heavy (non-hydrogen) atoms. The molecule has 3 aromatic rings. The maximum atomic E-state index is 13.4. The number of thiophene rings is 1. The highest BCUT2D eigenvalue weighted by Gasteiger charge is 2.26. The van der Waals surface area contributed by atoms with Crippen molar-refractivity contribution in [1.29, 1.82) is 0 Å². The lowest BCUT2D eigenvalue weighted by molar-refractivity contribution is 0.186. The molecule has 0 bridgehead atoms. The van der Waals surface area contributed by atoms with Crippen LogP contribution in [0.4, 0.5) is 4.39 Å². The monoisotopic (exact) mass is 357 g/mol. The van der Waals surface area contributed by atoms with Gasteiger partial charge in [-0.05, 0) is 56.1 Å². The van der Waals surface area contributed by atoms with Crippen LogP contribution in [0.2, 0.25) is 0 Å². The molecule has 1 saturated heterocycles. The van der Waals surface area contributed by atoms with E-state index in [0.29, 0.717) is 11.8 Å². The van der Waals surface area contributed by atoms with Crippen LogP contribution in [-0.2, 0) is 6.54 Å². The Labute approximate surface area is 150 Å². The summed E-state index contributed by atoms with van der Waals surface area (Å²) in [5.41, 5.74) is 1.00. The van der Waals surface area contributed by atoms with Gasteiger partial charge in [-0.1, -0.05) is 12.1 Å². The first-order valence-corrected chi connectivity index (χ1v) is 9.36.